The molecule has 2 heterocycles. The largest absolute Gasteiger partial charge is 0.260 e. The molecule has 0 N–H and O–H groups in total. The Kier molecular flexibility index (Phi) is 2.87. The van der Waals surface area contributed by atoms with Crippen LogP contribution in [0.5, 0.6) is 0 Å². The van der Waals surface area contributed by atoms with Gasteiger partial charge in [0.2, 0.25) is 0 Å². The second-order valence-corrected chi connectivity index (χ2v) is 6.72. The fourth-order valence-corrected chi connectivity index (χ4v) is 4.00. The zero-order valence-electron chi connectivity index (χ0n) is 8.30. The number of rotatable bonds is 2. The van der Waals surface area contributed by atoms with Crippen molar-refractivity contribution in [1.82, 2.24) is 14.1 Å². The molecule has 1 saturated heterocycles. The molecule has 1 fully saturated rings. The van der Waals surface area contributed by atoms with Gasteiger partial charge >= 0.3 is 0 Å². The van der Waals surface area contributed by atoms with Crippen LogP contribution in [-0.2, 0) is 17.1 Å². The third kappa shape index (κ3) is 1.95. The molecular weight excluding hydrogens is 282 g/mol. The van der Waals surface area contributed by atoms with Gasteiger partial charge in [0.1, 0.15) is 0 Å². The number of hydrogen-bond donors (Lipinski definition) is 0. The minimum absolute atomic E-state index is 0.254. The van der Waals surface area contributed by atoms with Crippen molar-refractivity contribution in [1.29, 1.82) is 0 Å². The average Bonchev–Trinajstić information content (AvgIpc) is 2.74. The summed E-state index contributed by atoms with van der Waals surface area (Å²) in [6, 6.07) is 1.52. The summed E-state index contributed by atoms with van der Waals surface area (Å²) in [7, 11) is -1.72. The molecule has 1 aliphatic rings. The Balaban J connectivity index is 2.32. The second kappa shape index (κ2) is 3.88. The molecule has 7 heteroatoms. The normalized spacial score (nSPS) is 23.5. The summed E-state index contributed by atoms with van der Waals surface area (Å²) in [6.07, 6.45) is 2.35. The Morgan fingerprint density at radius 1 is 1.60 bits per heavy atom. The van der Waals surface area contributed by atoms with Gasteiger partial charge in [0.15, 0.2) is 5.03 Å². The molecule has 0 aliphatic carbocycles. The zero-order chi connectivity index (χ0) is 11.1. The molecule has 1 aromatic rings. The van der Waals surface area contributed by atoms with E-state index in [1.54, 1.807) is 7.05 Å². The maximum atomic E-state index is 12.1. The van der Waals surface area contributed by atoms with E-state index in [1.807, 2.05) is 0 Å². The Hall–Kier alpha value is -0.400. The van der Waals surface area contributed by atoms with Gasteiger partial charge < -0.3 is 0 Å². The first-order chi connectivity index (χ1) is 7.01. The van der Waals surface area contributed by atoms with Gasteiger partial charge in [-0.2, -0.15) is 9.40 Å². The monoisotopic (exact) mass is 293 g/mol. The fraction of sp³-hybridized carbons (Fsp3) is 0.625. The number of hydrogen-bond acceptors (Lipinski definition) is 3. The summed E-state index contributed by atoms with van der Waals surface area (Å²) >= 11 is 3.42. The average molecular weight is 294 g/mol. The van der Waals surface area contributed by atoms with Crippen LogP contribution >= 0.6 is 15.9 Å². The van der Waals surface area contributed by atoms with Crippen LogP contribution in [0.2, 0.25) is 0 Å². The van der Waals surface area contributed by atoms with Crippen molar-refractivity contribution in [2.75, 3.05) is 13.1 Å². The van der Waals surface area contributed by atoms with E-state index in [2.05, 4.69) is 21.0 Å². The topological polar surface area (TPSA) is 55.2 Å². The quantitative estimate of drug-likeness (QED) is 0.750. The molecule has 1 atom stereocenters. The molecule has 15 heavy (non-hydrogen) atoms. The molecule has 0 saturated carbocycles. The highest BCUT2D eigenvalue weighted by Crippen LogP contribution is 2.23. The first-order valence-corrected chi connectivity index (χ1v) is 6.99. The number of nitrogens with zero attached hydrogens (tertiary/aromatic N) is 3. The van der Waals surface area contributed by atoms with E-state index in [1.165, 1.54) is 21.3 Å². The lowest BCUT2D eigenvalue weighted by atomic mass is 10.4. The summed E-state index contributed by atoms with van der Waals surface area (Å²) in [5.74, 6) is 0. The van der Waals surface area contributed by atoms with Gasteiger partial charge in [0.25, 0.3) is 10.0 Å². The van der Waals surface area contributed by atoms with Gasteiger partial charge in [-0.25, -0.2) is 8.42 Å². The minimum atomic E-state index is -3.36. The molecule has 0 radical (unpaired) electrons. The van der Waals surface area contributed by atoms with E-state index >= 15 is 0 Å². The summed E-state index contributed by atoms with van der Waals surface area (Å²) in [5.41, 5.74) is 0. The lowest BCUT2D eigenvalue weighted by Gasteiger charge is -2.15. The van der Waals surface area contributed by atoms with Crippen LogP contribution < -0.4 is 0 Å². The third-order valence-corrected chi connectivity index (χ3v) is 5.16. The molecule has 2 rings (SSSR count). The predicted octanol–water partition coefficient (Wildman–Crippen LogP) is 0.578. The Morgan fingerprint density at radius 3 is 2.80 bits per heavy atom. The maximum Gasteiger partial charge on any atom is 0.260 e. The number of aryl methyl sites for hydroxylation is 1. The summed E-state index contributed by atoms with van der Waals surface area (Å²) in [6.45, 7) is 1.11. The van der Waals surface area contributed by atoms with E-state index in [-0.39, 0.29) is 9.85 Å². The molecule has 1 unspecified atom stereocenters. The van der Waals surface area contributed by atoms with Crippen molar-refractivity contribution in [3.05, 3.63) is 12.3 Å². The Bertz CT molecular complexity index is 456. The lowest BCUT2D eigenvalue weighted by molar-refractivity contribution is 0.468. The third-order valence-electron chi connectivity index (χ3n) is 2.47. The van der Waals surface area contributed by atoms with E-state index < -0.39 is 10.0 Å². The molecular formula is C8H12BrN3O2S. The zero-order valence-corrected chi connectivity index (χ0v) is 10.7. The molecule has 0 amide bonds. The van der Waals surface area contributed by atoms with Crippen LogP contribution in [0, 0.1) is 0 Å². The molecule has 5 nitrogen and oxygen atoms in total. The number of aromatic nitrogens is 2. The van der Waals surface area contributed by atoms with E-state index in [4.69, 9.17) is 0 Å². The van der Waals surface area contributed by atoms with Gasteiger partial charge in [-0.05, 0) is 12.5 Å². The molecule has 1 aromatic heterocycles. The fourth-order valence-electron chi connectivity index (χ4n) is 1.65. The highest BCUT2D eigenvalue weighted by atomic mass is 79.9. The SMILES string of the molecule is Cn1nccc1S(=O)(=O)N1CCC(Br)C1. The first-order valence-electron chi connectivity index (χ1n) is 4.64. The summed E-state index contributed by atoms with van der Waals surface area (Å²) in [5, 5.41) is 4.13. The van der Waals surface area contributed by atoms with Gasteiger partial charge in [-0.15, -0.1) is 0 Å². The van der Waals surface area contributed by atoms with E-state index in [0.29, 0.717) is 13.1 Å². The van der Waals surface area contributed by atoms with Gasteiger partial charge in [-0.1, -0.05) is 15.9 Å². The van der Waals surface area contributed by atoms with E-state index in [9.17, 15) is 8.42 Å². The lowest BCUT2D eigenvalue weighted by Crippen LogP contribution is -2.30. The molecule has 0 aromatic carbocycles. The van der Waals surface area contributed by atoms with E-state index in [0.717, 1.165) is 6.42 Å². The number of sulfonamides is 1. The predicted molar refractivity (Wildman–Crippen MR) is 59.3 cm³/mol. The van der Waals surface area contributed by atoms with Crippen molar-refractivity contribution in [2.24, 2.45) is 7.05 Å². The maximum absolute atomic E-state index is 12.1. The van der Waals surface area contributed by atoms with Gasteiger partial charge in [0.05, 0.1) is 6.20 Å². The minimum Gasteiger partial charge on any atom is -0.256 e. The second-order valence-electron chi connectivity index (χ2n) is 3.54. The molecule has 0 bridgehead atoms. The molecule has 1 aliphatic heterocycles. The van der Waals surface area contributed by atoms with Crippen LogP contribution in [0.25, 0.3) is 0 Å². The standard InChI is InChI=1S/C8H12BrN3O2S/c1-11-8(2-4-10-11)15(13,14)12-5-3-7(9)6-12/h2,4,7H,3,5-6H2,1H3. The van der Waals surface area contributed by atoms with Crippen molar-refractivity contribution < 1.29 is 8.42 Å². The number of alkyl halides is 1. The molecule has 84 valence electrons. The van der Waals surface area contributed by atoms with Gasteiger partial charge in [-0.3, -0.25) is 4.68 Å². The van der Waals surface area contributed by atoms with Crippen LogP contribution in [0.15, 0.2) is 17.3 Å². The number of halogens is 1. The van der Waals surface area contributed by atoms with Crippen LogP contribution in [-0.4, -0.2) is 40.4 Å². The molecule has 0 spiro atoms. The smallest absolute Gasteiger partial charge is 0.256 e. The van der Waals surface area contributed by atoms with Crippen molar-refractivity contribution >= 4 is 26.0 Å². The first kappa shape index (κ1) is 11.1. The highest BCUT2D eigenvalue weighted by Gasteiger charge is 2.32. The van der Waals surface area contributed by atoms with Crippen molar-refractivity contribution in [3.8, 4) is 0 Å². The Morgan fingerprint density at radius 2 is 2.33 bits per heavy atom. The summed E-state index contributed by atoms with van der Waals surface area (Å²) < 4.78 is 27.1. The van der Waals surface area contributed by atoms with Crippen molar-refractivity contribution in [2.45, 2.75) is 16.3 Å². The Labute approximate surface area is 97.2 Å². The van der Waals surface area contributed by atoms with Gasteiger partial charge in [0, 0.05) is 25.0 Å². The van der Waals surface area contributed by atoms with Crippen LogP contribution in [0.1, 0.15) is 6.42 Å². The van der Waals surface area contributed by atoms with Crippen molar-refractivity contribution in [3.63, 3.8) is 0 Å². The summed E-state index contributed by atoms with van der Waals surface area (Å²) in [4.78, 5) is 0.264. The van der Waals surface area contributed by atoms with Crippen LogP contribution in [0.4, 0.5) is 0 Å². The highest BCUT2D eigenvalue weighted by molar-refractivity contribution is 9.09. The van der Waals surface area contributed by atoms with Crippen LogP contribution in [0.3, 0.4) is 0 Å².